The van der Waals surface area contributed by atoms with Gasteiger partial charge in [0.25, 0.3) is 5.56 Å². The van der Waals surface area contributed by atoms with E-state index in [1.165, 1.54) is 4.68 Å². The number of ketones is 1. The second-order valence-corrected chi connectivity index (χ2v) is 8.65. The van der Waals surface area contributed by atoms with Crippen molar-refractivity contribution in [1.29, 1.82) is 0 Å². The first-order chi connectivity index (χ1) is 16.5. The van der Waals surface area contributed by atoms with Crippen LogP contribution in [0.5, 0.6) is 0 Å². The Morgan fingerprint density at radius 3 is 2.18 bits per heavy atom. The third kappa shape index (κ3) is 5.38. The molecule has 0 saturated heterocycles. The van der Waals surface area contributed by atoms with Crippen molar-refractivity contribution in [3.8, 4) is 11.3 Å². The molecule has 34 heavy (non-hydrogen) atoms. The second-order valence-electron chi connectivity index (χ2n) is 7.78. The van der Waals surface area contributed by atoms with E-state index >= 15 is 0 Å². The van der Waals surface area contributed by atoms with Crippen LogP contribution in [0.1, 0.15) is 29.3 Å². The van der Waals surface area contributed by atoms with Gasteiger partial charge < -0.3 is 5.32 Å². The van der Waals surface area contributed by atoms with Crippen molar-refractivity contribution in [2.24, 2.45) is 0 Å². The lowest BCUT2D eigenvalue weighted by molar-refractivity contribution is 0.0983. The molecule has 1 aromatic heterocycles. The Morgan fingerprint density at radius 1 is 0.941 bits per heavy atom. The van der Waals surface area contributed by atoms with E-state index in [4.69, 9.17) is 23.2 Å². The first kappa shape index (κ1) is 23.7. The van der Waals surface area contributed by atoms with E-state index in [2.05, 4.69) is 10.4 Å². The average Bonchev–Trinajstić information content (AvgIpc) is 2.84. The highest BCUT2D eigenvalue weighted by Crippen LogP contribution is 2.30. The Morgan fingerprint density at radius 2 is 1.56 bits per heavy atom. The summed E-state index contributed by atoms with van der Waals surface area (Å²) >= 11 is 12.3. The molecule has 7 heteroatoms. The number of halogens is 2. The Labute approximate surface area is 208 Å². The number of Topliss-reactive ketones (excluding diaryl/α,β-unsaturated/α-hetero) is 1. The number of nitrogens with zero attached hydrogens (tertiary/aromatic N) is 2. The molecule has 0 aliphatic rings. The van der Waals surface area contributed by atoms with Crippen LogP contribution in [0.2, 0.25) is 10.0 Å². The van der Waals surface area contributed by atoms with Crippen molar-refractivity contribution in [2.45, 2.75) is 26.3 Å². The zero-order valence-corrected chi connectivity index (χ0v) is 20.1. The predicted molar refractivity (Wildman–Crippen MR) is 138 cm³/mol. The standard InChI is InChI=1S/C27H23Cl2N3O2/c1-2-32-27(34)26(30-22-16-20(28)15-21(29)17-22)24(25(31-32)19-11-7-4-8-12-19)23(33)14-13-18-9-5-3-6-10-18/h3-12,15-17,30H,2,13-14H2,1H3. The minimum atomic E-state index is -0.388. The van der Waals surface area contributed by atoms with E-state index in [0.29, 0.717) is 34.4 Å². The van der Waals surface area contributed by atoms with Gasteiger partial charge in [0.1, 0.15) is 11.4 Å². The molecule has 5 nitrogen and oxygen atoms in total. The van der Waals surface area contributed by atoms with Crippen molar-refractivity contribution in [3.63, 3.8) is 0 Å². The topological polar surface area (TPSA) is 64.0 Å². The third-order valence-electron chi connectivity index (χ3n) is 5.40. The van der Waals surface area contributed by atoms with Crippen molar-refractivity contribution < 1.29 is 4.79 Å². The van der Waals surface area contributed by atoms with Crippen molar-refractivity contribution in [1.82, 2.24) is 9.78 Å². The highest BCUT2D eigenvalue weighted by molar-refractivity contribution is 6.35. The lowest BCUT2D eigenvalue weighted by atomic mass is 9.97. The van der Waals surface area contributed by atoms with Crippen LogP contribution < -0.4 is 10.9 Å². The van der Waals surface area contributed by atoms with Gasteiger partial charge in [0, 0.05) is 34.3 Å². The smallest absolute Gasteiger partial charge is 0.291 e. The molecular formula is C27H23Cl2N3O2. The summed E-state index contributed by atoms with van der Waals surface area (Å²) in [7, 11) is 0. The molecule has 0 aliphatic heterocycles. The van der Waals surface area contributed by atoms with Crippen LogP contribution in [0, 0.1) is 0 Å². The van der Waals surface area contributed by atoms with Gasteiger partial charge in [0.05, 0.1) is 5.56 Å². The normalized spacial score (nSPS) is 10.8. The summed E-state index contributed by atoms with van der Waals surface area (Å²) in [6, 6.07) is 24.1. The summed E-state index contributed by atoms with van der Waals surface area (Å²) in [4.78, 5) is 27.0. The molecule has 0 aliphatic carbocycles. The van der Waals surface area contributed by atoms with Crippen LogP contribution in [0.4, 0.5) is 11.4 Å². The van der Waals surface area contributed by atoms with E-state index < -0.39 is 0 Å². The number of aromatic nitrogens is 2. The Balaban J connectivity index is 1.86. The zero-order chi connectivity index (χ0) is 24.1. The zero-order valence-electron chi connectivity index (χ0n) is 18.6. The van der Waals surface area contributed by atoms with Crippen LogP contribution >= 0.6 is 23.2 Å². The number of nitrogens with one attached hydrogen (secondary N) is 1. The number of anilines is 2. The van der Waals surface area contributed by atoms with Crippen molar-refractivity contribution in [2.75, 3.05) is 5.32 Å². The molecular weight excluding hydrogens is 469 g/mol. The van der Waals surface area contributed by atoms with Crippen LogP contribution in [0.3, 0.4) is 0 Å². The van der Waals surface area contributed by atoms with E-state index in [0.717, 1.165) is 11.1 Å². The van der Waals surface area contributed by atoms with Crippen LogP contribution in [-0.4, -0.2) is 15.6 Å². The molecule has 0 fully saturated rings. The van der Waals surface area contributed by atoms with E-state index in [9.17, 15) is 9.59 Å². The van der Waals surface area contributed by atoms with Crippen molar-refractivity contribution >= 4 is 40.4 Å². The maximum atomic E-state index is 13.6. The highest BCUT2D eigenvalue weighted by atomic mass is 35.5. The second kappa shape index (κ2) is 10.7. The van der Waals surface area contributed by atoms with Gasteiger partial charge in [-0.15, -0.1) is 0 Å². The van der Waals surface area contributed by atoms with Gasteiger partial charge in [-0.1, -0.05) is 83.9 Å². The molecule has 0 saturated carbocycles. The summed E-state index contributed by atoms with van der Waals surface area (Å²) in [5, 5.41) is 8.52. The first-order valence-corrected chi connectivity index (χ1v) is 11.7. The molecule has 0 atom stereocenters. The maximum absolute atomic E-state index is 13.6. The molecule has 0 spiro atoms. The molecule has 0 radical (unpaired) electrons. The molecule has 1 N–H and O–H groups in total. The predicted octanol–water partition coefficient (Wildman–Crippen LogP) is 6.80. The summed E-state index contributed by atoms with van der Waals surface area (Å²) in [6.45, 7) is 2.18. The fourth-order valence-corrected chi connectivity index (χ4v) is 4.29. The summed E-state index contributed by atoms with van der Waals surface area (Å²) in [5.41, 5.74) is 2.79. The monoisotopic (exact) mass is 491 g/mol. The molecule has 1 heterocycles. The summed E-state index contributed by atoms with van der Waals surface area (Å²) in [5.74, 6) is -0.175. The summed E-state index contributed by atoms with van der Waals surface area (Å²) < 4.78 is 1.35. The number of rotatable bonds is 8. The Bertz CT molecular complexity index is 1350. The Hall–Kier alpha value is -3.41. The average molecular weight is 492 g/mol. The van der Waals surface area contributed by atoms with Gasteiger partial charge in [-0.25, -0.2) is 4.68 Å². The van der Waals surface area contributed by atoms with E-state index in [1.807, 2.05) is 67.6 Å². The molecule has 172 valence electrons. The number of aryl methyl sites for hydroxylation is 2. The van der Waals surface area contributed by atoms with Crippen LogP contribution in [0.15, 0.2) is 83.7 Å². The Kier molecular flexibility index (Phi) is 7.46. The minimum Gasteiger partial charge on any atom is -0.350 e. The number of benzene rings is 3. The number of carbonyl (C=O) groups excluding carboxylic acids is 1. The molecule has 0 bridgehead atoms. The van der Waals surface area contributed by atoms with E-state index in [-0.39, 0.29) is 29.0 Å². The molecule has 4 aromatic rings. The molecule has 4 rings (SSSR count). The summed E-state index contributed by atoms with van der Waals surface area (Å²) in [6.07, 6.45) is 0.777. The quantitative estimate of drug-likeness (QED) is 0.275. The fraction of sp³-hybridized carbons (Fsp3) is 0.148. The van der Waals surface area contributed by atoms with E-state index in [1.54, 1.807) is 18.2 Å². The van der Waals surface area contributed by atoms with Crippen LogP contribution in [0.25, 0.3) is 11.3 Å². The minimum absolute atomic E-state index is 0.159. The van der Waals surface area contributed by atoms with Gasteiger partial charge in [-0.2, -0.15) is 5.10 Å². The van der Waals surface area contributed by atoms with Gasteiger partial charge in [0.15, 0.2) is 5.78 Å². The van der Waals surface area contributed by atoms with Crippen LogP contribution in [-0.2, 0) is 13.0 Å². The molecule has 0 amide bonds. The maximum Gasteiger partial charge on any atom is 0.291 e. The number of carbonyl (C=O) groups is 1. The lowest BCUT2D eigenvalue weighted by Crippen LogP contribution is -2.28. The van der Waals surface area contributed by atoms with Gasteiger partial charge >= 0.3 is 0 Å². The number of hydrogen-bond donors (Lipinski definition) is 1. The largest absolute Gasteiger partial charge is 0.350 e. The number of hydrogen-bond acceptors (Lipinski definition) is 4. The van der Waals surface area contributed by atoms with Crippen molar-refractivity contribution in [3.05, 3.63) is 110 Å². The van der Waals surface area contributed by atoms with Gasteiger partial charge in [-0.3, -0.25) is 9.59 Å². The lowest BCUT2D eigenvalue weighted by Gasteiger charge is -2.17. The molecule has 3 aromatic carbocycles. The molecule has 0 unspecified atom stereocenters. The highest BCUT2D eigenvalue weighted by Gasteiger charge is 2.24. The first-order valence-electron chi connectivity index (χ1n) is 11.0. The third-order valence-corrected chi connectivity index (χ3v) is 5.83. The SMILES string of the molecule is CCn1nc(-c2ccccc2)c(C(=O)CCc2ccccc2)c(Nc2cc(Cl)cc(Cl)c2)c1=O. The van der Waals surface area contributed by atoms with Gasteiger partial charge in [-0.05, 0) is 37.1 Å². The van der Waals surface area contributed by atoms with Gasteiger partial charge in [0.2, 0.25) is 0 Å². The fourth-order valence-electron chi connectivity index (χ4n) is 3.77.